The molecule has 1 N–H and O–H groups in total. The topological polar surface area (TPSA) is 51.0 Å². The number of nitrogens with zero attached hydrogens (tertiary/aromatic N) is 2. The second-order valence-electron chi connectivity index (χ2n) is 4.98. The van der Waals surface area contributed by atoms with Crippen LogP contribution in [0.5, 0.6) is 0 Å². The molecule has 1 aromatic carbocycles. The van der Waals surface area contributed by atoms with Crippen LogP contribution >= 0.6 is 0 Å². The summed E-state index contributed by atoms with van der Waals surface area (Å²) in [5.74, 6) is 1.35. The Morgan fingerprint density at radius 2 is 1.79 bits per heavy atom. The number of rotatable bonds is 5. The first kappa shape index (κ1) is 13.7. The Morgan fingerprint density at radius 1 is 1.11 bits per heavy atom. The number of aromatic nitrogens is 2. The molecule has 4 nitrogen and oxygen atoms in total. The number of aryl methyl sites for hydroxylation is 4. The zero-order chi connectivity index (χ0) is 13.8. The third-order valence-corrected chi connectivity index (χ3v) is 3.18. The smallest absolute Gasteiger partial charge is 0.248 e. The fourth-order valence-corrected chi connectivity index (χ4v) is 2.39. The number of benzene rings is 1. The van der Waals surface area contributed by atoms with Gasteiger partial charge in [0.1, 0.15) is 0 Å². The van der Waals surface area contributed by atoms with Gasteiger partial charge in [0, 0.05) is 12.0 Å². The van der Waals surface area contributed by atoms with Gasteiger partial charge < -0.3 is 9.73 Å². The highest BCUT2D eigenvalue weighted by Gasteiger charge is 2.13. The van der Waals surface area contributed by atoms with Gasteiger partial charge in [0.05, 0.1) is 0 Å². The quantitative estimate of drug-likeness (QED) is 0.839. The molecule has 0 bridgehead atoms. The minimum Gasteiger partial charge on any atom is -0.421 e. The normalized spacial score (nSPS) is 10.9. The molecule has 0 aliphatic carbocycles. The third kappa shape index (κ3) is 3.20. The average molecular weight is 259 g/mol. The van der Waals surface area contributed by atoms with E-state index in [0.29, 0.717) is 11.8 Å². The highest BCUT2D eigenvalue weighted by Crippen LogP contribution is 2.27. The van der Waals surface area contributed by atoms with E-state index < -0.39 is 0 Å². The van der Waals surface area contributed by atoms with Gasteiger partial charge >= 0.3 is 0 Å². The lowest BCUT2D eigenvalue weighted by Gasteiger charge is -2.06. The summed E-state index contributed by atoms with van der Waals surface area (Å²) in [5.41, 5.74) is 4.69. The summed E-state index contributed by atoms with van der Waals surface area (Å²) in [6.45, 7) is 7.22. The Balaban J connectivity index is 2.23. The van der Waals surface area contributed by atoms with Crippen molar-refractivity contribution in [2.45, 2.75) is 33.6 Å². The molecule has 0 unspecified atom stereocenters. The molecule has 1 aromatic heterocycles. The van der Waals surface area contributed by atoms with Crippen LogP contribution < -0.4 is 5.32 Å². The zero-order valence-corrected chi connectivity index (χ0v) is 12.1. The van der Waals surface area contributed by atoms with E-state index in [-0.39, 0.29) is 0 Å². The second kappa shape index (κ2) is 5.97. The Bertz CT molecular complexity index is 537. The van der Waals surface area contributed by atoms with Gasteiger partial charge in [0.25, 0.3) is 0 Å². The molecule has 0 saturated heterocycles. The van der Waals surface area contributed by atoms with Crippen LogP contribution in [0.2, 0.25) is 0 Å². The molecule has 19 heavy (non-hydrogen) atoms. The summed E-state index contributed by atoms with van der Waals surface area (Å²) in [5, 5.41) is 11.4. The van der Waals surface area contributed by atoms with Gasteiger partial charge in [-0.15, -0.1) is 10.2 Å². The fourth-order valence-electron chi connectivity index (χ4n) is 2.39. The first-order valence-corrected chi connectivity index (χ1v) is 6.67. The molecule has 0 aliphatic rings. The molecule has 2 aromatic rings. The molecule has 0 saturated carbocycles. The van der Waals surface area contributed by atoms with Crippen molar-refractivity contribution in [3.05, 3.63) is 34.7 Å². The number of nitrogens with one attached hydrogen (secondary N) is 1. The second-order valence-corrected chi connectivity index (χ2v) is 4.98. The van der Waals surface area contributed by atoms with Crippen LogP contribution in [0.4, 0.5) is 0 Å². The Kier molecular flexibility index (Phi) is 4.32. The molecule has 0 spiro atoms. The van der Waals surface area contributed by atoms with E-state index in [1.165, 1.54) is 16.7 Å². The highest BCUT2D eigenvalue weighted by atomic mass is 16.4. The number of hydrogen-bond donors (Lipinski definition) is 1. The molecule has 1 heterocycles. The van der Waals surface area contributed by atoms with E-state index in [1.54, 1.807) is 0 Å². The summed E-state index contributed by atoms with van der Waals surface area (Å²) in [6, 6.07) is 4.29. The fraction of sp³-hybridized carbons (Fsp3) is 0.467. The van der Waals surface area contributed by atoms with E-state index >= 15 is 0 Å². The van der Waals surface area contributed by atoms with E-state index in [0.717, 1.165) is 24.9 Å². The molecule has 0 amide bonds. The minimum atomic E-state index is 0.634. The first-order valence-electron chi connectivity index (χ1n) is 6.67. The van der Waals surface area contributed by atoms with E-state index in [4.69, 9.17) is 4.42 Å². The van der Waals surface area contributed by atoms with E-state index in [2.05, 4.69) is 48.4 Å². The Hall–Kier alpha value is -1.68. The molecular formula is C15H21N3O. The van der Waals surface area contributed by atoms with Crippen molar-refractivity contribution in [1.82, 2.24) is 15.5 Å². The van der Waals surface area contributed by atoms with Gasteiger partial charge in [-0.3, -0.25) is 0 Å². The molecule has 0 fully saturated rings. The summed E-state index contributed by atoms with van der Waals surface area (Å²) in [7, 11) is 1.94. The van der Waals surface area contributed by atoms with E-state index in [1.807, 2.05) is 7.05 Å². The first-order chi connectivity index (χ1) is 9.11. The van der Waals surface area contributed by atoms with Crippen LogP contribution in [-0.2, 0) is 6.42 Å². The monoisotopic (exact) mass is 259 g/mol. The van der Waals surface area contributed by atoms with Crippen LogP contribution in [0.1, 0.15) is 29.0 Å². The van der Waals surface area contributed by atoms with Crippen LogP contribution in [0.25, 0.3) is 11.5 Å². The highest BCUT2D eigenvalue weighted by molar-refractivity contribution is 5.63. The molecule has 0 atom stereocenters. The zero-order valence-electron chi connectivity index (χ0n) is 12.1. The van der Waals surface area contributed by atoms with Gasteiger partial charge in [-0.05, 0) is 51.9 Å². The van der Waals surface area contributed by atoms with Crippen molar-refractivity contribution in [1.29, 1.82) is 0 Å². The third-order valence-electron chi connectivity index (χ3n) is 3.18. The molecular weight excluding hydrogens is 238 g/mol. The molecule has 2 rings (SSSR count). The summed E-state index contributed by atoms with van der Waals surface area (Å²) < 4.78 is 5.77. The van der Waals surface area contributed by atoms with Crippen molar-refractivity contribution < 1.29 is 4.42 Å². The van der Waals surface area contributed by atoms with Crippen molar-refractivity contribution in [3.8, 4) is 11.5 Å². The van der Waals surface area contributed by atoms with E-state index in [9.17, 15) is 0 Å². The van der Waals surface area contributed by atoms with Gasteiger partial charge in [0.15, 0.2) is 0 Å². The lowest BCUT2D eigenvalue weighted by Crippen LogP contribution is -2.08. The van der Waals surface area contributed by atoms with Crippen molar-refractivity contribution >= 4 is 0 Å². The van der Waals surface area contributed by atoms with Crippen LogP contribution in [-0.4, -0.2) is 23.8 Å². The summed E-state index contributed by atoms with van der Waals surface area (Å²) in [6.07, 6.45) is 1.82. The van der Waals surface area contributed by atoms with Crippen LogP contribution in [0.3, 0.4) is 0 Å². The minimum absolute atomic E-state index is 0.634. The molecule has 0 aliphatic heterocycles. The maximum atomic E-state index is 5.77. The predicted molar refractivity (Wildman–Crippen MR) is 76.2 cm³/mol. The summed E-state index contributed by atoms with van der Waals surface area (Å²) in [4.78, 5) is 0. The average Bonchev–Trinajstić information content (AvgIpc) is 2.76. The molecule has 102 valence electrons. The Labute approximate surface area is 114 Å². The lowest BCUT2D eigenvalue weighted by molar-refractivity contribution is 0.494. The van der Waals surface area contributed by atoms with Crippen molar-refractivity contribution in [2.75, 3.05) is 13.6 Å². The van der Waals surface area contributed by atoms with Crippen molar-refractivity contribution in [2.24, 2.45) is 0 Å². The maximum Gasteiger partial charge on any atom is 0.248 e. The lowest BCUT2D eigenvalue weighted by atomic mass is 10.00. The van der Waals surface area contributed by atoms with Gasteiger partial charge in [-0.1, -0.05) is 17.7 Å². The van der Waals surface area contributed by atoms with Gasteiger partial charge in [-0.2, -0.15) is 0 Å². The SMILES string of the molecule is CNCCCc1nnc(-c2c(C)cc(C)cc2C)o1. The number of hydrogen-bond acceptors (Lipinski definition) is 4. The Morgan fingerprint density at radius 3 is 2.42 bits per heavy atom. The summed E-state index contributed by atoms with van der Waals surface area (Å²) >= 11 is 0. The van der Waals surface area contributed by atoms with Gasteiger partial charge in [-0.25, -0.2) is 0 Å². The molecule has 0 radical (unpaired) electrons. The van der Waals surface area contributed by atoms with Crippen molar-refractivity contribution in [3.63, 3.8) is 0 Å². The molecule has 4 heteroatoms. The predicted octanol–water partition coefficient (Wildman–Crippen LogP) is 2.81. The van der Waals surface area contributed by atoms with Crippen LogP contribution in [0, 0.1) is 20.8 Å². The maximum absolute atomic E-state index is 5.77. The van der Waals surface area contributed by atoms with Crippen LogP contribution in [0.15, 0.2) is 16.5 Å². The standard InChI is InChI=1S/C15H21N3O/c1-10-8-11(2)14(12(3)9-10)15-18-17-13(19-15)6-5-7-16-4/h8-9,16H,5-7H2,1-4H3. The van der Waals surface area contributed by atoms with Gasteiger partial charge in [0.2, 0.25) is 11.8 Å². The largest absolute Gasteiger partial charge is 0.421 e.